The van der Waals surface area contributed by atoms with Crippen LogP contribution in [-0.2, 0) is 11.2 Å². The first-order valence-electron chi connectivity index (χ1n) is 7.45. The van der Waals surface area contributed by atoms with Crippen LogP contribution in [-0.4, -0.2) is 16.2 Å². The molecule has 1 unspecified atom stereocenters. The molecular weight excluding hydrogens is 250 g/mol. The standard InChI is InChI=1S/C16H21N3O/c1-12-5-4-8-14-9-10-18-19(14)16(15(12)17-11-20)13-6-2-3-7-13/h4-5,9-13H,2-3,6-8H2,1H3,(H,17,20)/b5-4+,16-15+. The highest BCUT2D eigenvalue weighted by atomic mass is 16.1. The normalized spacial score (nSPS) is 28.6. The molecular formula is C16H21N3O. The van der Waals surface area contributed by atoms with Crippen LogP contribution in [0.3, 0.4) is 0 Å². The van der Waals surface area contributed by atoms with E-state index in [4.69, 9.17) is 0 Å². The lowest BCUT2D eigenvalue weighted by molar-refractivity contribution is -0.109. The Hall–Kier alpha value is -1.84. The van der Waals surface area contributed by atoms with Crippen molar-refractivity contribution in [3.8, 4) is 0 Å². The zero-order chi connectivity index (χ0) is 13.9. The van der Waals surface area contributed by atoms with Gasteiger partial charge in [-0.2, -0.15) is 5.10 Å². The number of amides is 1. The van der Waals surface area contributed by atoms with E-state index in [1.54, 1.807) is 0 Å². The fraction of sp³-hybridized carbons (Fsp3) is 0.500. The minimum Gasteiger partial charge on any atom is -0.330 e. The zero-order valence-corrected chi connectivity index (χ0v) is 11.9. The van der Waals surface area contributed by atoms with Crippen molar-refractivity contribution in [1.82, 2.24) is 15.1 Å². The molecule has 20 heavy (non-hydrogen) atoms. The molecule has 0 spiro atoms. The average molecular weight is 271 g/mol. The average Bonchev–Trinajstić information content (AvgIpc) is 3.09. The molecule has 0 saturated heterocycles. The Morgan fingerprint density at radius 3 is 2.95 bits per heavy atom. The third kappa shape index (κ3) is 2.30. The number of hydrogen-bond acceptors (Lipinski definition) is 2. The number of aromatic nitrogens is 2. The van der Waals surface area contributed by atoms with Crippen molar-refractivity contribution in [1.29, 1.82) is 0 Å². The Morgan fingerprint density at radius 1 is 1.40 bits per heavy atom. The second-order valence-electron chi connectivity index (χ2n) is 5.70. The van der Waals surface area contributed by atoms with Gasteiger partial charge in [-0.25, -0.2) is 4.68 Å². The van der Waals surface area contributed by atoms with E-state index in [1.165, 1.54) is 37.1 Å². The topological polar surface area (TPSA) is 46.9 Å². The lowest BCUT2D eigenvalue weighted by Gasteiger charge is -2.25. The maximum absolute atomic E-state index is 11.0. The zero-order valence-electron chi connectivity index (χ0n) is 11.9. The van der Waals surface area contributed by atoms with Gasteiger partial charge in [0.15, 0.2) is 0 Å². The first-order valence-corrected chi connectivity index (χ1v) is 7.45. The molecule has 4 heteroatoms. The molecule has 1 aliphatic carbocycles. The number of hydrogen-bond donors (Lipinski definition) is 1. The van der Waals surface area contributed by atoms with Crippen LogP contribution < -0.4 is 5.32 Å². The van der Waals surface area contributed by atoms with Crippen LogP contribution in [0.15, 0.2) is 30.1 Å². The van der Waals surface area contributed by atoms with E-state index in [0.29, 0.717) is 5.92 Å². The van der Waals surface area contributed by atoms with Gasteiger partial charge in [-0.3, -0.25) is 4.79 Å². The smallest absolute Gasteiger partial charge is 0.211 e. The molecule has 106 valence electrons. The van der Waals surface area contributed by atoms with Gasteiger partial charge in [0, 0.05) is 35.8 Å². The first kappa shape index (κ1) is 13.2. The number of fused-ring (bicyclic) bond motifs is 1. The van der Waals surface area contributed by atoms with Gasteiger partial charge < -0.3 is 5.32 Å². The lowest BCUT2D eigenvalue weighted by Crippen LogP contribution is -2.25. The van der Waals surface area contributed by atoms with E-state index < -0.39 is 0 Å². The molecule has 1 saturated carbocycles. The SMILES string of the molecule is CC1/C=C/Cc2ccnn2/C(C2CCCC2)=C\1NC=O. The van der Waals surface area contributed by atoms with Crippen molar-refractivity contribution in [3.63, 3.8) is 0 Å². The quantitative estimate of drug-likeness (QED) is 0.678. The van der Waals surface area contributed by atoms with Crippen LogP contribution in [0, 0.1) is 11.8 Å². The molecule has 1 fully saturated rings. The van der Waals surface area contributed by atoms with Crippen molar-refractivity contribution < 1.29 is 4.79 Å². The monoisotopic (exact) mass is 271 g/mol. The van der Waals surface area contributed by atoms with E-state index in [-0.39, 0.29) is 5.92 Å². The van der Waals surface area contributed by atoms with Crippen LogP contribution >= 0.6 is 0 Å². The van der Waals surface area contributed by atoms with Crippen molar-refractivity contribution >= 4 is 12.1 Å². The molecule has 3 rings (SSSR count). The van der Waals surface area contributed by atoms with Gasteiger partial charge in [-0.15, -0.1) is 0 Å². The Labute approximate surface area is 119 Å². The van der Waals surface area contributed by atoms with Gasteiger partial charge in [-0.05, 0) is 18.9 Å². The minimum atomic E-state index is 0.216. The van der Waals surface area contributed by atoms with Crippen LogP contribution in [0.4, 0.5) is 0 Å². The second-order valence-corrected chi connectivity index (χ2v) is 5.70. The van der Waals surface area contributed by atoms with Crippen molar-refractivity contribution in [2.45, 2.75) is 39.0 Å². The summed E-state index contributed by atoms with van der Waals surface area (Å²) in [4.78, 5) is 11.0. The fourth-order valence-electron chi connectivity index (χ4n) is 3.40. The molecule has 1 aromatic heterocycles. The summed E-state index contributed by atoms with van der Waals surface area (Å²) < 4.78 is 2.06. The second kappa shape index (κ2) is 5.65. The maximum atomic E-state index is 11.0. The van der Waals surface area contributed by atoms with Gasteiger partial charge in [0.1, 0.15) is 0 Å². The molecule has 1 atom stereocenters. The Bertz CT molecular complexity index is 550. The molecule has 1 N–H and O–H groups in total. The Balaban J connectivity index is 2.15. The van der Waals surface area contributed by atoms with Gasteiger partial charge >= 0.3 is 0 Å². The molecule has 1 amide bonds. The summed E-state index contributed by atoms with van der Waals surface area (Å²) in [6.07, 6.45) is 12.8. The molecule has 1 aliphatic heterocycles. The Kier molecular flexibility index (Phi) is 3.72. The summed E-state index contributed by atoms with van der Waals surface area (Å²) in [5.41, 5.74) is 3.40. The highest BCUT2D eigenvalue weighted by Gasteiger charge is 2.28. The summed E-state index contributed by atoms with van der Waals surface area (Å²) in [5, 5.41) is 7.47. The number of nitrogens with zero attached hydrogens (tertiary/aromatic N) is 2. The van der Waals surface area contributed by atoms with Crippen LogP contribution in [0.2, 0.25) is 0 Å². The third-order valence-corrected chi connectivity index (χ3v) is 4.39. The van der Waals surface area contributed by atoms with Crippen molar-refractivity contribution in [2.24, 2.45) is 11.8 Å². The molecule has 0 radical (unpaired) electrons. The fourth-order valence-corrected chi connectivity index (χ4v) is 3.40. The van der Waals surface area contributed by atoms with E-state index in [0.717, 1.165) is 18.5 Å². The predicted molar refractivity (Wildman–Crippen MR) is 78.6 cm³/mol. The van der Waals surface area contributed by atoms with Gasteiger partial charge in [0.25, 0.3) is 0 Å². The summed E-state index contributed by atoms with van der Waals surface area (Å²) >= 11 is 0. The van der Waals surface area contributed by atoms with Crippen LogP contribution in [0.25, 0.3) is 5.70 Å². The van der Waals surface area contributed by atoms with E-state index in [1.807, 2.05) is 6.20 Å². The number of carbonyl (C=O) groups excluding carboxylic acids is 1. The van der Waals surface area contributed by atoms with Crippen molar-refractivity contribution in [2.75, 3.05) is 0 Å². The van der Waals surface area contributed by atoms with E-state index >= 15 is 0 Å². The van der Waals surface area contributed by atoms with E-state index in [9.17, 15) is 4.79 Å². The van der Waals surface area contributed by atoms with E-state index in [2.05, 4.69) is 40.2 Å². The molecule has 2 heterocycles. The number of carbonyl (C=O) groups is 1. The summed E-state index contributed by atoms with van der Waals surface area (Å²) in [5.74, 6) is 0.721. The number of allylic oxidation sites excluding steroid dienone is 3. The largest absolute Gasteiger partial charge is 0.330 e. The molecule has 4 nitrogen and oxygen atoms in total. The highest BCUT2D eigenvalue weighted by molar-refractivity contribution is 5.62. The first-order chi connectivity index (χ1) is 9.81. The number of nitrogens with one attached hydrogen (secondary N) is 1. The van der Waals surface area contributed by atoms with Crippen LogP contribution in [0.1, 0.15) is 38.3 Å². The lowest BCUT2D eigenvalue weighted by atomic mass is 9.94. The van der Waals surface area contributed by atoms with Gasteiger partial charge in [-0.1, -0.05) is 31.9 Å². The summed E-state index contributed by atoms with van der Waals surface area (Å²) in [6, 6.07) is 2.06. The van der Waals surface area contributed by atoms with Crippen molar-refractivity contribution in [3.05, 3.63) is 35.8 Å². The minimum absolute atomic E-state index is 0.216. The summed E-state index contributed by atoms with van der Waals surface area (Å²) in [7, 11) is 0. The molecule has 2 aliphatic rings. The molecule has 1 aromatic rings. The Morgan fingerprint density at radius 2 is 2.20 bits per heavy atom. The summed E-state index contributed by atoms with van der Waals surface area (Å²) in [6.45, 7) is 2.13. The molecule has 0 bridgehead atoms. The van der Waals surface area contributed by atoms with Gasteiger partial charge in [0.05, 0.1) is 5.70 Å². The van der Waals surface area contributed by atoms with Crippen LogP contribution in [0.5, 0.6) is 0 Å². The predicted octanol–water partition coefficient (Wildman–Crippen LogP) is 2.74. The maximum Gasteiger partial charge on any atom is 0.211 e. The highest BCUT2D eigenvalue weighted by Crippen LogP contribution is 2.37. The third-order valence-electron chi connectivity index (χ3n) is 4.39. The van der Waals surface area contributed by atoms with Gasteiger partial charge in [0.2, 0.25) is 6.41 Å². The molecule has 0 aromatic carbocycles. The number of rotatable bonds is 3.